The molecule has 0 amide bonds. The van der Waals surface area contributed by atoms with Gasteiger partial charge in [0.25, 0.3) is 0 Å². The van der Waals surface area contributed by atoms with Crippen LogP contribution in [-0.4, -0.2) is 27.6 Å². The molecule has 1 aromatic rings. The highest BCUT2D eigenvalue weighted by Crippen LogP contribution is 2.16. The summed E-state index contributed by atoms with van der Waals surface area (Å²) in [5.41, 5.74) is 0.359. The monoisotopic (exact) mass is 206 g/mol. The molecule has 0 fully saturated rings. The zero-order valence-corrected chi connectivity index (χ0v) is 7.87. The lowest BCUT2D eigenvalue weighted by Crippen LogP contribution is -2.18. The zero-order chi connectivity index (χ0) is 11.3. The van der Waals surface area contributed by atoms with Crippen molar-refractivity contribution in [1.82, 2.24) is 4.98 Å². The first-order valence-electron chi connectivity index (χ1n) is 4.34. The van der Waals surface area contributed by atoms with E-state index in [0.29, 0.717) is 6.29 Å². The van der Waals surface area contributed by atoms with Crippen molar-refractivity contribution in [3.05, 3.63) is 29.6 Å². The van der Waals surface area contributed by atoms with Crippen LogP contribution >= 0.6 is 0 Å². The van der Waals surface area contributed by atoms with E-state index in [9.17, 15) is 15.0 Å². The molecule has 1 aromatic heterocycles. The van der Waals surface area contributed by atoms with Crippen molar-refractivity contribution in [1.29, 1.82) is 5.26 Å². The van der Waals surface area contributed by atoms with Gasteiger partial charge in [0, 0.05) is 0 Å². The number of nitriles is 1. The lowest BCUT2D eigenvalue weighted by molar-refractivity contribution is 0.0189. The Morgan fingerprint density at radius 3 is 2.87 bits per heavy atom. The first kappa shape index (κ1) is 11.3. The quantitative estimate of drug-likeness (QED) is 0.686. The Labute approximate surface area is 86.6 Å². The predicted octanol–water partition coefficient (Wildman–Crippen LogP) is 0.202. The van der Waals surface area contributed by atoms with Crippen LogP contribution in [0.5, 0.6) is 0 Å². The first-order chi connectivity index (χ1) is 7.19. The summed E-state index contributed by atoms with van der Waals surface area (Å²) in [6, 6.07) is 6.26. The van der Waals surface area contributed by atoms with Gasteiger partial charge in [0.2, 0.25) is 0 Å². The Kier molecular flexibility index (Phi) is 3.92. The Morgan fingerprint density at radius 2 is 2.27 bits per heavy atom. The molecule has 5 nitrogen and oxygen atoms in total. The molecule has 0 saturated heterocycles. The molecule has 78 valence electrons. The highest BCUT2D eigenvalue weighted by molar-refractivity contribution is 5.71. The Morgan fingerprint density at radius 1 is 1.53 bits per heavy atom. The number of hydrogen-bond donors (Lipinski definition) is 2. The second-order valence-corrected chi connectivity index (χ2v) is 2.98. The fourth-order valence-corrected chi connectivity index (χ4v) is 1.10. The average Bonchev–Trinajstić information content (AvgIpc) is 2.28. The molecule has 0 bridgehead atoms. The minimum atomic E-state index is -1.25. The van der Waals surface area contributed by atoms with Gasteiger partial charge in [0.15, 0.2) is 6.29 Å². The lowest BCUT2D eigenvalue weighted by atomic mass is 10.1. The summed E-state index contributed by atoms with van der Waals surface area (Å²) < 4.78 is 0. The second kappa shape index (κ2) is 5.20. The van der Waals surface area contributed by atoms with E-state index in [1.807, 2.05) is 0 Å². The maximum Gasteiger partial charge on any atom is 0.168 e. The molecule has 15 heavy (non-hydrogen) atoms. The second-order valence-electron chi connectivity index (χ2n) is 2.98. The van der Waals surface area contributed by atoms with Crippen molar-refractivity contribution >= 4 is 6.29 Å². The van der Waals surface area contributed by atoms with E-state index in [4.69, 9.17) is 5.26 Å². The normalized spacial score (nSPS) is 13.9. The number of aliphatic hydroxyl groups is 2. The maximum atomic E-state index is 10.4. The average molecular weight is 206 g/mol. The highest BCUT2D eigenvalue weighted by Gasteiger charge is 2.19. The number of aromatic nitrogens is 1. The van der Waals surface area contributed by atoms with Crippen LogP contribution in [0.15, 0.2) is 18.2 Å². The van der Waals surface area contributed by atoms with Gasteiger partial charge < -0.3 is 10.2 Å². The molecule has 0 saturated carbocycles. The third-order valence-corrected chi connectivity index (χ3v) is 1.88. The van der Waals surface area contributed by atoms with E-state index in [1.165, 1.54) is 12.1 Å². The number of aldehydes is 1. The van der Waals surface area contributed by atoms with Gasteiger partial charge in [0.1, 0.15) is 11.8 Å². The fourth-order valence-electron chi connectivity index (χ4n) is 1.10. The summed E-state index contributed by atoms with van der Waals surface area (Å²) in [5.74, 6) is 0. The van der Waals surface area contributed by atoms with Crippen LogP contribution in [0.25, 0.3) is 0 Å². The summed E-state index contributed by atoms with van der Waals surface area (Å²) in [6.45, 7) is 0. The molecule has 0 radical (unpaired) electrons. The summed E-state index contributed by atoms with van der Waals surface area (Å²) in [6.07, 6.45) is -2.07. The molecular formula is C10H10N2O3. The van der Waals surface area contributed by atoms with E-state index >= 15 is 0 Å². The number of pyridine rings is 1. The molecule has 1 heterocycles. The molecule has 2 N–H and O–H groups in total. The van der Waals surface area contributed by atoms with Crippen LogP contribution in [0.4, 0.5) is 0 Å². The van der Waals surface area contributed by atoms with Gasteiger partial charge in [-0.1, -0.05) is 6.07 Å². The number of aliphatic hydroxyl groups excluding tert-OH is 2. The number of carbonyl (C=O) groups excluding carboxylic acids is 1. The van der Waals surface area contributed by atoms with E-state index in [-0.39, 0.29) is 17.8 Å². The van der Waals surface area contributed by atoms with Crippen molar-refractivity contribution in [3.8, 4) is 6.07 Å². The smallest absolute Gasteiger partial charge is 0.168 e. The van der Waals surface area contributed by atoms with Gasteiger partial charge in [-0.05, 0) is 12.1 Å². The van der Waals surface area contributed by atoms with Crippen molar-refractivity contribution in [2.24, 2.45) is 0 Å². The summed E-state index contributed by atoms with van der Waals surface area (Å²) in [7, 11) is 0. The molecule has 0 aliphatic carbocycles. The fraction of sp³-hybridized carbons (Fsp3) is 0.300. The van der Waals surface area contributed by atoms with Gasteiger partial charge in [-0.15, -0.1) is 0 Å². The number of rotatable bonds is 4. The third kappa shape index (κ3) is 2.84. The largest absolute Gasteiger partial charge is 0.389 e. The minimum absolute atomic E-state index is 0.177. The SMILES string of the molecule is N#CCC(O)C(O)c1cccc(C=O)n1. The number of nitrogens with zero attached hydrogens (tertiary/aromatic N) is 2. The van der Waals surface area contributed by atoms with Crippen LogP contribution in [0.1, 0.15) is 28.7 Å². The summed E-state index contributed by atoms with van der Waals surface area (Å²) in [4.78, 5) is 14.2. The first-order valence-corrected chi connectivity index (χ1v) is 4.34. The van der Waals surface area contributed by atoms with Crippen LogP contribution in [0.2, 0.25) is 0 Å². The van der Waals surface area contributed by atoms with Gasteiger partial charge >= 0.3 is 0 Å². The minimum Gasteiger partial charge on any atom is -0.389 e. The molecule has 2 unspecified atom stereocenters. The van der Waals surface area contributed by atoms with Crippen LogP contribution < -0.4 is 0 Å². The Bertz CT molecular complexity index is 386. The topological polar surface area (TPSA) is 94.2 Å². The molecule has 0 spiro atoms. The van der Waals surface area contributed by atoms with E-state index < -0.39 is 12.2 Å². The van der Waals surface area contributed by atoms with Gasteiger partial charge in [-0.3, -0.25) is 4.79 Å². The number of carbonyl (C=O) groups is 1. The molecule has 5 heteroatoms. The Hall–Kier alpha value is -1.77. The van der Waals surface area contributed by atoms with Gasteiger partial charge in [0.05, 0.1) is 24.3 Å². The van der Waals surface area contributed by atoms with Crippen molar-refractivity contribution in [2.45, 2.75) is 18.6 Å². The van der Waals surface area contributed by atoms with Crippen molar-refractivity contribution < 1.29 is 15.0 Å². The molecule has 0 aliphatic rings. The predicted molar refractivity (Wildman–Crippen MR) is 50.8 cm³/mol. The van der Waals surface area contributed by atoms with E-state index in [0.717, 1.165) is 0 Å². The van der Waals surface area contributed by atoms with Crippen molar-refractivity contribution in [3.63, 3.8) is 0 Å². The maximum absolute atomic E-state index is 10.4. The molecule has 1 rings (SSSR count). The number of hydrogen-bond acceptors (Lipinski definition) is 5. The van der Waals surface area contributed by atoms with Gasteiger partial charge in [-0.25, -0.2) is 4.98 Å². The summed E-state index contributed by atoms with van der Waals surface area (Å²) in [5, 5.41) is 27.2. The molecule has 0 aliphatic heterocycles. The Balaban J connectivity index is 2.86. The van der Waals surface area contributed by atoms with Crippen LogP contribution in [-0.2, 0) is 0 Å². The van der Waals surface area contributed by atoms with Crippen LogP contribution in [0.3, 0.4) is 0 Å². The zero-order valence-electron chi connectivity index (χ0n) is 7.87. The van der Waals surface area contributed by atoms with Gasteiger partial charge in [-0.2, -0.15) is 5.26 Å². The van der Waals surface area contributed by atoms with E-state index in [1.54, 1.807) is 12.1 Å². The van der Waals surface area contributed by atoms with E-state index in [2.05, 4.69) is 4.98 Å². The third-order valence-electron chi connectivity index (χ3n) is 1.88. The lowest BCUT2D eigenvalue weighted by Gasteiger charge is -2.14. The standard InChI is InChI=1S/C10H10N2O3/c11-5-4-9(14)10(15)8-3-1-2-7(6-13)12-8/h1-3,6,9-10,14-15H,4H2. The molecule has 2 atom stereocenters. The van der Waals surface area contributed by atoms with Crippen molar-refractivity contribution in [2.75, 3.05) is 0 Å². The molecule has 0 aromatic carbocycles. The van der Waals surface area contributed by atoms with Crippen LogP contribution in [0, 0.1) is 11.3 Å². The summed E-state index contributed by atoms with van der Waals surface area (Å²) >= 11 is 0. The molecular weight excluding hydrogens is 196 g/mol. The highest BCUT2D eigenvalue weighted by atomic mass is 16.3.